The van der Waals surface area contributed by atoms with E-state index in [1.165, 1.54) is 5.57 Å². The summed E-state index contributed by atoms with van der Waals surface area (Å²) in [5.74, 6) is 0. The van der Waals surface area contributed by atoms with Gasteiger partial charge in [0, 0.05) is 20.1 Å². The largest absolute Gasteiger partial charge is 0.395 e. The summed E-state index contributed by atoms with van der Waals surface area (Å²) in [5.41, 5.74) is 6.73. The molecule has 3 nitrogen and oxygen atoms in total. The number of aliphatic hydroxyl groups is 1. The van der Waals surface area contributed by atoms with Crippen LogP contribution >= 0.6 is 0 Å². The lowest BCUT2D eigenvalue weighted by atomic mass is 10.1. The van der Waals surface area contributed by atoms with Gasteiger partial charge in [-0.25, -0.2) is 0 Å². The Bertz CT molecular complexity index is 132. The van der Waals surface area contributed by atoms with Crippen LogP contribution in [0.4, 0.5) is 0 Å². The van der Waals surface area contributed by atoms with Gasteiger partial charge in [0.2, 0.25) is 0 Å². The van der Waals surface area contributed by atoms with Crippen molar-refractivity contribution in [3.05, 3.63) is 11.8 Å². The molecule has 0 bridgehead atoms. The minimum atomic E-state index is -0.119. The summed E-state index contributed by atoms with van der Waals surface area (Å²) < 4.78 is 0. The van der Waals surface area contributed by atoms with E-state index in [9.17, 15) is 0 Å². The highest BCUT2D eigenvalue weighted by molar-refractivity contribution is 4.98. The fourth-order valence-corrected chi connectivity index (χ4v) is 0.972. The first-order valence-corrected chi connectivity index (χ1v) is 3.76. The summed E-state index contributed by atoms with van der Waals surface area (Å²) >= 11 is 0. The molecule has 0 radical (unpaired) electrons. The van der Waals surface area contributed by atoms with Crippen LogP contribution in [0.25, 0.3) is 0 Å². The van der Waals surface area contributed by atoms with Gasteiger partial charge in [-0.15, -0.1) is 0 Å². The van der Waals surface area contributed by atoms with E-state index in [0.717, 1.165) is 6.42 Å². The smallest absolute Gasteiger partial charge is 0.0585 e. The van der Waals surface area contributed by atoms with Gasteiger partial charge in [0.05, 0.1) is 6.61 Å². The van der Waals surface area contributed by atoms with Crippen molar-refractivity contribution in [1.29, 1.82) is 0 Å². The second kappa shape index (κ2) is 5.16. The van der Waals surface area contributed by atoms with Crippen LogP contribution in [-0.2, 0) is 0 Å². The van der Waals surface area contributed by atoms with Crippen LogP contribution in [0.3, 0.4) is 0 Å². The Labute approximate surface area is 68.5 Å². The normalized spacial score (nSPS) is 14.8. The van der Waals surface area contributed by atoms with E-state index in [1.54, 1.807) is 0 Å². The molecule has 1 unspecified atom stereocenters. The van der Waals surface area contributed by atoms with Crippen molar-refractivity contribution in [2.24, 2.45) is 5.73 Å². The topological polar surface area (TPSA) is 49.5 Å². The number of rotatable bonds is 4. The van der Waals surface area contributed by atoms with Gasteiger partial charge < -0.3 is 15.7 Å². The highest BCUT2D eigenvalue weighted by Crippen LogP contribution is 2.02. The molecule has 66 valence electrons. The Hall–Kier alpha value is -0.540. The van der Waals surface area contributed by atoms with E-state index in [1.807, 2.05) is 32.1 Å². The van der Waals surface area contributed by atoms with E-state index in [0.29, 0.717) is 0 Å². The van der Waals surface area contributed by atoms with Crippen LogP contribution in [0, 0.1) is 0 Å². The Kier molecular flexibility index (Phi) is 4.90. The van der Waals surface area contributed by atoms with Crippen LogP contribution in [0.15, 0.2) is 11.8 Å². The minimum absolute atomic E-state index is 0.0542. The van der Waals surface area contributed by atoms with Gasteiger partial charge in [-0.1, -0.05) is 5.57 Å². The van der Waals surface area contributed by atoms with Crippen LogP contribution in [0.1, 0.15) is 13.3 Å². The Morgan fingerprint density at radius 3 is 2.55 bits per heavy atom. The molecule has 0 spiro atoms. The second-order valence-corrected chi connectivity index (χ2v) is 3.09. The van der Waals surface area contributed by atoms with Crippen LogP contribution in [-0.4, -0.2) is 36.8 Å². The fraction of sp³-hybridized carbons (Fsp3) is 0.750. The number of nitrogens with two attached hydrogens (primary N) is 1. The molecule has 0 heterocycles. The summed E-state index contributed by atoms with van der Waals surface area (Å²) in [6.45, 7) is 2.06. The molecule has 0 saturated heterocycles. The van der Waals surface area contributed by atoms with Crippen molar-refractivity contribution >= 4 is 0 Å². The summed E-state index contributed by atoms with van der Waals surface area (Å²) in [7, 11) is 3.93. The SMILES string of the molecule is C/C(=C\N(C)C)CC(N)CO. The fourth-order valence-electron chi connectivity index (χ4n) is 0.972. The highest BCUT2D eigenvalue weighted by Gasteiger charge is 2.00. The van der Waals surface area contributed by atoms with E-state index in [2.05, 4.69) is 0 Å². The molecule has 3 heteroatoms. The average Bonchev–Trinajstić information content (AvgIpc) is 1.85. The molecule has 0 aromatic carbocycles. The van der Waals surface area contributed by atoms with Crippen molar-refractivity contribution in [2.75, 3.05) is 20.7 Å². The van der Waals surface area contributed by atoms with Gasteiger partial charge in [-0.3, -0.25) is 0 Å². The maximum absolute atomic E-state index is 8.65. The molecular weight excluding hydrogens is 140 g/mol. The van der Waals surface area contributed by atoms with Gasteiger partial charge in [-0.05, 0) is 19.5 Å². The first-order valence-electron chi connectivity index (χ1n) is 3.76. The summed E-state index contributed by atoms with van der Waals surface area (Å²) in [4.78, 5) is 1.97. The molecular formula is C8H18N2O. The van der Waals surface area contributed by atoms with Gasteiger partial charge in [0.15, 0.2) is 0 Å². The van der Waals surface area contributed by atoms with Gasteiger partial charge in [-0.2, -0.15) is 0 Å². The quantitative estimate of drug-likeness (QED) is 0.613. The zero-order valence-electron chi connectivity index (χ0n) is 7.54. The maximum atomic E-state index is 8.65. The third-order valence-electron chi connectivity index (χ3n) is 1.30. The molecule has 11 heavy (non-hydrogen) atoms. The molecule has 0 saturated carbocycles. The molecule has 1 atom stereocenters. The van der Waals surface area contributed by atoms with Crippen molar-refractivity contribution in [3.8, 4) is 0 Å². The van der Waals surface area contributed by atoms with Gasteiger partial charge in [0.25, 0.3) is 0 Å². The molecule has 0 aliphatic heterocycles. The van der Waals surface area contributed by atoms with E-state index < -0.39 is 0 Å². The molecule has 0 fully saturated rings. The average molecular weight is 158 g/mol. The lowest BCUT2D eigenvalue weighted by Crippen LogP contribution is -2.24. The van der Waals surface area contributed by atoms with E-state index in [4.69, 9.17) is 10.8 Å². The Balaban J connectivity index is 3.76. The highest BCUT2D eigenvalue weighted by atomic mass is 16.3. The second-order valence-electron chi connectivity index (χ2n) is 3.09. The van der Waals surface area contributed by atoms with Crippen LogP contribution in [0.2, 0.25) is 0 Å². The lowest BCUT2D eigenvalue weighted by molar-refractivity contribution is 0.265. The van der Waals surface area contributed by atoms with Gasteiger partial charge >= 0.3 is 0 Å². The molecule has 0 aromatic rings. The van der Waals surface area contributed by atoms with Crippen LogP contribution in [0.5, 0.6) is 0 Å². The molecule has 3 N–H and O–H groups in total. The monoisotopic (exact) mass is 158 g/mol. The third kappa shape index (κ3) is 5.88. The van der Waals surface area contributed by atoms with Crippen molar-refractivity contribution in [2.45, 2.75) is 19.4 Å². The predicted octanol–water partition coefficient (Wildman–Crippen LogP) is 0.162. The predicted molar refractivity (Wildman–Crippen MR) is 47.1 cm³/mol. The van der Waals surface area contributed by atoms with Gasteiger partial charge in [0.1, 0.15) is 0 Å². The standard InChI is InChI=1S/C8H18N2O/c1-7(5-10(2)3)4-8(9)6-11/h5,8,11H,4,6,9H2,1-3H3/b7-5+. The van der Waals surface area contributed by atoms with Crippen molar-refractivity contribution < 1.29 is 5.11 Å². The molecule has 0 rings (SSSR count). The van der Waals surface area contributed by atoms with E-state index in [-0.39, 0.29) is 12.6 Å². The zero-order chi connectivity index (χ0) is 8.85. The minimum Gasteiger partial charge on any atom is -0.395 e. The molecule has 0 aliphatic rings. The first-order chi connectivity index (χ1) is 5.06. The van der Waals surface area contributed by atoms with Crippen molar-refractivity contribution in [1.82, 2.24) is 4.90 Å². The number of hydrogen-bond donors (Lipinski definition) is 2. The first kappa shape index (κ1) is 10.5. The lowest BCUT2D eigenvalue weighted by Gasteiger charge is -2.11. The van der Waals surface area contributed by atoms with E-state index >= 15 is 0 Å². The third-order valence-corrected chi connectivity index (χ3v) is 1.30. The molecule has 0 amide bonds. The summed E-state index contributed by atoms with van der Waals surface area (Å²) in [6, 6.07) is -0.119. The number of nitrogens with zero attached hydrogens (tertiary/aromatic N) is 1. The van der Waals surface area contributed by atoms with Crippen molar-refractivity contribution in [3.63, 3.8) is 0 Å². The molecule has 0 aliphatic carbocycles. The summed E-state index contributed by atoms with van der Waals surface area (Å²) in [6.07, 6.45) is 2.77. The number of hydrogen-bond acceptors (Lipinski definition) is 3. The van der Waals surface area contributed by atoms with Crippen LogP contribution < -0.4 is 5.73 Å². The molecule has 0 aromatic heterocycles. The number of aliphatic hydroxyl groups excluding tert-OH is 1. The Morgan fingerprint density at radius 2 is 2.18 bits per heavy atom. The summed E-state index contributed by atoms with van der Waals surface area (Å²) in [5, 5.41) is 8.65. The maximum Gasteiger partial charge on any atom is 0.0585 e. The zero-order valence-corrected chi connectivity index (χ0v) is 7.54. The Morgan fingerprint density at radius 1 is 1.64 bits per heavy atom.